The van der Waals surface area contributed by atoms with Gasteiger partial charge in [-0.15, -0.1) is 0 Å². The van der Waals surface area contributed by atoms with Gasteiger partial charge in [-0.25, -0.2) is 9.97 Å². The van der Waals surface area contributed by atoms with Crippen molar-refractivity contribution >= 4 is 11.8 Å². The summed E-state index contributed by atoms with van der Waals surface area (Å²) < 4.78 is 0. The molecule has 0 amide bonds. The molecule has 0 radical (unpaired) electrons. The molecule has 1 aliphatic heterocycles. The van der Waals surface area contributed by atoms with Crippen LogP contribution in [0, 0.1) is 6.92 Å². The first-order valence-electron chi connectivity index (χ1n) is 4.15. The van der Waals surface area contributed by atoms with Gasteiger partial charge >= 0.3 is 0 Å². The lowest BCUT2D eigenvalue weighted by Crippen LogP contribution is -2.22. The van der Waals surface area contributed by atoms with Gasteiger partial charge in [-0.05, 0) is 12.5 Å². The SMILES string of the molecule is Cc1cnc(N)nc1C1=NCCN1. The molecule has 1 aliphatic rings. The largest absolute Gasteiger partial charge is 0.368 e. The first-order valence-corrected chi connectivity index (χ1v) is 4.15. The minimum Gasteiger partial charge on any atom is -0.368 e. The number of nitrogens with one attached hydrogen (secondary N) is 1. The Morgan fingerprint density at radius 1 is 1.54 bits per heavy atom. The summed E-state index contributed by atoms with van der Waals surface area (Å²) in [6.07, 6.45) is 1.71. The van der Waals surface area contributed by atoms with Crippen LogP contribution >= 0.6 is 0 Å². The summed E-state index contributed by atoms with van der Waals surface area (Å²) >= 11 is 0. The summed E-state index contributed by atoms with van der Waals surface area (Å²) in [4.78, 5) is 12.3. The van der Waals surface area contributed by atoms with Gasteiger partial charge in [0.15, 0.2) is 0 Å². The molecule has 0 fully saturated rings. The zero-order valence-corrected chi connectivity index (χ0v) is 7.41. The summed E-state index contributed by atoms with van der Waals surface area (Å²) in [5.74, 6) is 1.11. The van der Waals surface area contributed by atoms with E-state index < -0.39 is 0 Å². The van der Waals surface area contributed by atoms with E-state index in [1.54, 1.807) is 6.20 Å². The second kappa shape index (κ2) is 3.01. The van der Waals surface area contributed by atoms with Gasteiger partial charge in [0, 0.05) is 12.7 Å². The lowest BCUT2D eigenvalue weighted by atomic mass is 10.2. The number of amidine groups is 1. The Labute approximate surface area is 76.1 Å². The van der Waals surface area contributed by atoms with Crippen molar-refractivity contribution in [1.82, 2.24) is 15.3 Å². The van der Waals surface area contributed by atoms with Gasteiger partial charge in [0.2, 0.25) is 5.95 Å². The maximum Gasteiger partial charge on any atom is 0.220 e. The van der Waals surface area contributed by atoms with E-state index in [2.05, 4.69) is 20.3 Å². The molecule has 0 spiro atoms. The van der Waals surface area contributed by atoms with Gasteiger partial charge in [0.25, 0.3) is 0 Å². The van der Waals surface area contributed by atoms with Crippen LogP contribution in [0.5, 0.6) is 0 Å². The molecule has 1 aromatic heterocycles. The smallest absolute Gasteiger partial charge is 0.220 e. The fourth-order valence-electron chi connectivity index (χ4n) is 1.25. The van der Waals surface area contributed by atoms with Crippen LogP contribution in [-0.4, -0.2) is 28.9 Å². The van der Waals surface area contributed by atoms with Crippen molar-refractivity contribution in [2.45, 2.75) is 6.92 Å². The van der Waals surface area contributed by atoms with Crippen LogP contribution < -0.4 is 11.1 Å². The molecule has 0 aromatic carbocycles. The van der Waals surface area contributed by atoms with Crippen LogP contribution in [-0.2, 0) is 0 Å². The third-order valence-corrected chi connectivity index (χ3v) is 1.89. The highest BCUT2D eigenvalue weighted by molar-refractivity contribution is 5.99. The minimum atomic E-state index is 0.289. The van der Waals surface area contributed by atoms with Crippen LogP contribution in [0.4, 0.5) is 5.95 Å². The number of nitrogen functional groups attached to an aromatic ring is 1. The summed E-state index contributed by atoms with van der Waals surface area (Å²) in [7, 11) is 0. The van der Waals surface area contributed by atoms with E-state index in [4.69, 9.17) is 5.73 Å². The van der Waals surface area contributed by atoms with Crippen molar-refractivity contribution < 1.29 is 0 Å². The number of nitrogens with two attached hydrogens (primary N) is 1. The first kappa shape index (κ1) is 7.97. The second-order valence-electron chi connectivity index (χ2n) is 2.92. The molecule has 0 saturated carbocycles. The Hall–Kier alpha value is -1.65. The van der Waals surface area contributed by atoms with E-state index in [9.17, 15) is 0 Å². The quantitative estimate of drug-likeness (QED) is 0.618. The van der Waals surface area contributed by atoms with Crippen LogP contribution in [0.1, 0.15) is 11.3 Å². The topological polar surface area (TPSA) is 76.2 Å². The predicted molar refractivity (Wildman–Crippen MR) is 50.6 cm³/mol. The zero-order valence-electron chi connectivity index (χ0n) is 7.41. The Morgan fingerprint density at radius 3 is 3.08 bits per heavy atom. The van der Waals surface area contributed by atoms with E-state index >= 15 is 0 Å². The predicted octanol–water partition coefficient (Wildman–Crippen LogP) is -0.283. The number of aryl methyl sites for hydroxylation is 1. The molecular weight excluding hydrogens is 166 g/mol. The van der Waals surface area contributed by atoms with E-state index in [-0.39, 0.29) is 5.95 Å². The van der Waals surface area contributed by atoms with Gasteiger partial charge in [-0.3, -0.25) is 4.99 Å². The van der Waals surface area contributed by atoms with Crippen LogP contribution in [0.3, 0.4) is 0 Å². The van der Waals surface area contributed by atoms with Crippen LogP contribution in [0.15, 0.2) is 11.2 Å². The fourth-order valence-corrected chi connectivity index (χ4v) is 1.25. The maximum atomic E-state index is 5.49. The molecular formula is C8H11N5. The molecule has 0 bridgehead atoms. The third-order valence-electron chi connectivity index (χ3n) is 1.89. The monoisotopic (exact) mass is 177 g/mol. The Kier molecular flexibility index (Phi) is 1.84. The highest BCUT2D eigenvalue weighted by Crippen LogP contribution is 2.06. The van der Waals surface area contributed by atoms with Gasteiger partial charge in [0.1, 0.15) is 11.5 Å². The molecule has 2 rings (SSSR count). The van der Waals surface area contributed by atoms with Crippen molar-refractivity contribution in [3.8, 4) is 0 Å². The van der Waals surface area contributed by atoms with Gasteiger partial charge in [-0.1, -0.05) is 0 Å². The molecule has 0 saturated heterocycles. The van der Waals surface area contributed by atoms with Gasteiger partial charge in [0.05, 0.1) is 6.54 Å². The van der Waals surface area contributed by atoms with Crippen molar-refractivity contribution in [3.05, 3.63) is 17.5 Å². The Bertz CT molecular complexity index is 358. The standard InChI is InChI=1S/C8H11N5/c1-5-4-12-8(9)13-6(5)7-10-2-3-11-7/h4H,2-3H2,1H3,(H,10,11)(H2,9,12,13). The number of anilines is 1. The normalized spacial score (nSPS) is 15.3. The van der Waals surface area contributed by atoms with Crippen molar-refractivity contribution in [2.75, 3.05) is 18.8 Å². The van der Waals surface area contributed by atoms with Crippen molar-refractivity contribution in [2.24, 2.45) is 4.99 Å². The summed E-state index contributed by atoms with van der Waals surface area (Å²) in [5.41, 5.74) is 7.29. The van der Waals surface area contributed by atoms with Crippen molar-refractivity contribution in [1.29, 1.82) is 0 Å². The molecule has 13 heavy (non-hydrogen) atoms. The highest BCUT2D eigenvalue weighted by Gasteiger charge is 2.12. The lowest BCUT2D eigenvalue weighted by Gasteiger charge is -2.04. The number of hydrogen-bond donors (Lipinski definition) is 2. The molecule has 2 heterocycles. The average molecular weight is 177 g/mol. The van der Waals surface area contributed by atoms with Gasteiger partial charge < -0.3 is 11.1 Å². The molecule has 0 unspecified atom stereocenters. The third kappa shape index (κ3) is 1.44. The second-order valence-corrected chi connectivity index (χ2v) is 2.92. The molecule has 1 aromatic rings. The first-order chi connectivity index (χ1) is 6.27. The number of nitrogens with zero attached hydrogens (tertiary/aromatic N) is 3. The molecule has 5 heteroatoms. The highest BCUT2D eigenvalue weighted by atomic mass is 15.1. The van der Waals surface area contributed by atoms with Crippen molar-refractivity contribution in [3.63, 3.8) is 0 Å². The number of hydrogen-bond acceptors (Lipinski definition) is 5. The Morgan fingerprint density at radius 2 is 2.38 bits per heavy atom. The molecule has 0 atom stereocenters. The molecule has 5 nitrogen and oxygen atoms in total. The van der Waals surface area contributed by atoms with Gasteiger partial charge in [-0.2, -0.15) is 0 Å². The average Bonchev–Trinajstić information content (AvgIpc) is 2.61. The van der Waals surface area contributed by atoms with Crippen LogP contribution in [0.2, 0.25) is 0 Å². The number of rotatable bonds is 1. The fraction of sp³-hybridized carbons (Fsp3) is 0.375. The Balaban J connectivity index is 2.43. The maximum absolute atomic E-state index is 5.49. The van der Waals surface area contributed by atoms with E-state index in [1.807, 2.05) is 6.92 Å². The molecule has 0 aliphatic carbocycles. The summed E-state index contributed by atoms with van der Waals surface area (Å²) in [5, 5.41) is 3.15. The summed E-state index contributed by atoms with van der Waals surface area (Å²) in [6, 6.07) is 0. The molecule has 68 valence electrons. The summed E-state index contributed by atoms with van der Waals surface area (Å²) in [6.45, 7) is 3.62. The van der Waals surface area contributed by atoms with E-state index in [0.29, 0.717) is 0 Å². The minimum absolute atomic E-state index is 0.289. The number of aromatic nitrogens is 2. The van der Waals surface area contributed by atoms with E-state index in [0.717, 1.165) is 30.2 Å². The lowest BCUT2D eigenvalue weighted by molar-refractivity contribution is 0.956. The zero-order chi connectivity index (χ0) is 9.26. The van der Waals surface area contributed by atoms with Crippen LogP contribution in [0.25, 0.3) is 0 Å². The molecule has 3 N–H and O–H groups in total. The number of aliphatic imine (C=N–C) groups is 1. The van der Waals surface area contributed by atoms with E-state index in [1.165, 1.54) is 0 Å².